The smallest absolute Gasteiger partial charge is 0.0965 e. The quantitative estimate of drug-likeness (QED) is 0.687. The van der Waals surface area contributed by atoms with Gasteiger partial charge in [0, 0.05) is 12.7 Å². The highest BCUT2D eigenvalue weighted by molar-refractivity contribution is 5.25. The number of aliphatic hydroxyl groups excluding tert-OH is 1. The molecule has 3 rings (SSSR count). The zero-order chi connectivity index (χ0) is 19.1. The van der Waals surface area contributed by atoms with Crippen molar-refractivity contribution in [3.05, 3.63) is 65.0 Å². The minimum absolute atomic E-state index is 0.413. The fourth-order valence-corrected chi connectivity index (χ4v) is 4.39. The average Bonchev–Trinajstić information content (AvgIpc) is 2.83. The Morgan fingerprint density at radius 1 is 1.15 bits per heavy atom. The van der Waals surface area contributed by atoms with Crippen molar-refractivity contribution in [2.75, 3.05) is 19.6 Å². The average molecular weight is 367 g/mol. The molecular weight excluding hydrogens is 332 g/mol. The van der Waals surface area contributed by atoms with Gasteiger partial charge in [-0.05, 0) is 87.2 Å². The van der Waals surface area contributed by atoms with Crippen LogP contribution < -0.4 is 0 Å². The fourth-order valence-electron chi connectivity index (χ4n) is 4.39. The van der Waals surface area contributed by atoms with Crippen LogP contribution in [-0.4, -0.2) is 34.6 Å². The van der Waals surface area contributed by atoms with Gasteiger partial charge in [-0.3, -0.25) is 4.98 Å². The Morgan fingerprint density at radius 2 is 2.00 bits per heavy atom. The molecule has 1 aromatic carbocycles. The van der Waals surface area contributed by atoms with Crippen molar-refractivity contribution < 1.29 is 5.11 Å². The van der Waals surface area contributed by atoms with E-state index >= 15 is 0 Å². The van der Waals surface area contributed by atoms with Crippen molar-refractivity contribution >= 4 is 0 Å². The van der Waals surface area contributed by atoms with Gasteiger partial charge in [-0.1, -0.05) is 37.3 Å². The Bertz CT molecular complexity index is 715. The molecule has 0 fully saturated rings. The highest BCUT2D eigenvalue weighted by Gasteiger charge is 2.25. The summed E-state index contributed by atoms with van der Waals surface area (Å²) in [5.41, 5.74) is 5.01. The molecule has 0 saturated carbocycles. The van der Waals surface area contributed by atoms with Crippen LogP contribution >= 0.6 is 0 Å². The standard InChI is InChI=1S/C24H34N2O/c1-3-15-26(16-7-11-21-9-5-4-8-19(21)2)18-20-12-13-22-10-6-14-25-24(22)23(27)17-20/h4-6,8-10,14,20,23,27H,3,7,11-13,15-18H2,1-2H3/t20-,23+/m1/s1. The maximum absolute atomic E-state index is 10.6. The Morgan fingerprint density at radius 3 is 2.81 bits per heavy atom. The summed E-state index contributed by atoms with van der Waals surface area (Å²) in [5, 5.41) is 10.6. The van der Waals surface area contributed by atoms with Gasteiger partial charge >= 0.3 is 0 Å². The lowest BCUT2D eigenvalue weighted by Crippen LogP contribution is -2.32. The summed E-state index contributed by atoms with van der Waals surface area (Å²) < 4.78 is 0. The van der Waals surface area contributed by atoms with E-state index in [9.17, 15) is 5.11 Å². The van der Waals surface area contributed by atoms with Crippen molar-refractivity contribution in [2.45, 2.75) is 58.5 Å². The van der Waals surface area contributed by atoms with E-state index in [1.807, 2.05) is 6.07 Å². The molecule has 0 saturated heterocycles. The Balaban J connectivity index is 1.54. The number of benzene rings is 1. The topological polar surface area (TPSA) is 36.4 Å². The molecular formula is C24H34N2O. The van der Waals surface area contributed by atoms with Crippen LogP contribution in [0.3, 0.4) is 0 Å². The SMILES string of the molecule is CCCN(CCCc1ccccc1C)C[C@@H]1CCc2cccnc2[C@@H](O)C1. The van der Waals surface area contributed by atoms with Gasteiger partial charge in [-0.15, -0.1) is 0 Å². The van der Waals surface area contributed by atoms with E-state index in [1.165, 1.54) is 29.5 Å². The number of aryl methyl sites for hydroxylation is 3. The van der Waals surface area contributed by atoms with E-state index in [0.717, 1.165) is 51.0 Å². The molecule has 2 atom stereocenters. The van der Waals surface area contributed by atoms with E-state index < -0.39 is 6.10 Å². The number of nitrogens with zero attached hydrogens (tertiary/aromatic N) is 2. The molecule has 0 spiro atoms. The zero-order valence-corrected chi connectivity index (χ0v) is 16.9. The van der Waals surface area contributed by atoms with Crippen LogP contribution in [0.25, 0.3) is 0 Å². The maximum atomic E-state index is 10.6. The van der Waals surface area contributed by atoms with E-state index in [1.54, 1.807) is 6.20 Å². The summed E-state index contributed by atoms with van der Waals surface area (Å²) in [4.78, 5) is 7.05. The lowest BCUT2D eigenvalue weighted by atomic mass is 9.97. The normalized spacial score (nSPS) is 19.7. The fraction of sp³-hybridized carbons (Fsp3) is 0.542. The number of hydrogen-bond donors (Lipinski definition) is 1. The van der Waals surface area contributed by atoms with Gasteiger partial charge in [0.25, 0.3) is 0 Å². The Labute approximate surface area is 164 Å². The Hall–Kier alpha value is -1.71. The van der Waals surface area contributed by atoms with Crippen molar-refractivity contribution in [1.82, 2.24) is 9.88 Å². The highest BCUT2D eigenvalue weighted by Crippen LogP contribution is 2.31. The second-order valence-electron chi connectivity index (χ2n) is 8.03. The number of aliphatic hydroxyl groups is 1. The van der Waals surface area contributed by atoms with Crippen molar-refractivity contribution in [1.29, 1.82) is 0 Å². The molecule has 0 unspecified atom stereocenters. The number of hydrogen-bond acceptors (Lipinski definition) is 3. The minimum Gasteiger partial charge on any atom is -0.387 e. The van der Waals surface area contributed by atoms with Crippen LogP contribution in [0.1, 0.15) is 61.1 Å². The summed E-state index contributed by atoms with van der Waals surface area (Å²) in [6.45, 7) is 7.84. The lowest BCUT2D eigenvalue weighted by Gasteiger charge is -2.27. The molecule has 0 amide bonds. The van der Waals surface area contributed by atoms with E-state index in [-0.39, 0.29) is 0 Å². The first-order valence-corrected chi connectivity index (χ1v) is 10.6. The third-order valence-corrected chi connectivity index (χ3v) is 5.86. The number of fused-ring (bicyclic) bond motifs is 1. The summed E-state index contributed by atoms with van der Waals surface area (Å²) in [5.74, 6) is 0.541. The molecule has 1 aliphatic rings. The highest BCUT2D eigenvalue weighted by atomic mass is 16.3. The number of rotatable bonds is 8. The first-order chi connectivity index (χ1) is 13.2. The van der Waals surface area contributed by atoms with Crippen LogP contribution in [0.5, 0.6) is 0 Å². The molecule has 0 radical (unpaired) electrons. The molecule has 0 aliphatic heterocycles. The second kappa shape index (κ2) is 10.0. The molecule has 2 aromatic rings. The predicted molar refractivity (Wildman–Crippen MR) is 112 cm³/mol. The van der Waals surface area contributed by atoms with E-state index in [4.69, 9.17) is 0 Å². The van der Waals surface area contributed by atoms with Crippen LogP contribution in [0.2, 0.25) is 0 Å². The molecule has 1 aliphatic carbocycles. The molecule has 1 N–H and O–H groups in total. The van der Waals surface area contributed by atoms with Crippen LogP contribution in [0, 0.1) is 12.8 Å². The Kier molecular flexibility index (Phi) is 7.42. The number of pyridine rings is 1. The first-order valence-electron chi connectivity index (χ1n) is 10.6. The minimum atomic E-state index is -0.413. The van der Waals surface area contributed by atoms with Crippen LogP contribution in [-0.2, 0) is 12.8 Å². The van der Waals surface area contributed by atoms with Gasteiger partial charge in [-0.2, -0.15) is 0 Å². The third kappa shape index (κ3) is 5.63. The predicted octanol–water partition coefficient (Wildman–Crippen LogP) is 4.72. The molecule has 0 bridgehead atoms. The summed E-state index contributed by atoms with van der Waals surface area (Å²) in [6.07, 6.45) is 7.93. The molecule has 1 aromatic heterocycles. The maximum Gasteiger partial charge on any atom is 0.0965 e. The van der Waals surface area contributed by atoms with Gasteiger partial charge in [0.1, 0.15) is 0 Å². The molecule has 27 heavy (non-hydrogen) atoms. The summed E-state index contributed by atoms with van der Waals surface area (Å²) in [7, 11) is 0. The molecule has 3 heteroatoms. The summed E-state index contributed by atoms with van der Waals surface area (Å²) in [6, 6.07) is 12.8. The van der Waals surface area contributed by atoms with Crippen molar-refractivity contribution in [3.63, 3.8) is 0 Å². The van der Waals surface area contributed by atoms with E-state index in [2.05, 4.69) is 54.1 Å². The largest absolute Gasteiger partial charge is 0.387 e. The van der Waals surface area contributed by atoms with Crippen molar-refractivity contribution in [2.24, 2.45) is 5.92 Å². The van der Waals surface area contributed by atoms with Gasteiger partial charge in [0.05, 0.1) is 11.8 Å². The van der Waals surface area contributed by atoms with Gasteiger partial charge < -0.3 is 10.0 Å². The van der Waals surface area contributed by atoms with Gasteiger partial charge in [-0.25, -0.2) is 0 Å². The first kappa shape index (κ1) is 20.0. The van der Waals surface area contributed by atoms with Gasteiger partial charge in [0.2, 0.25) is 0 Å². The monoisotopic (exact) mass is 366 g/mol. The lowest BCUT2D eigenvalue weighted by molar-refractivity contribution is 0.123. The summed E-state index contributed by atoms with van der Waals surface area (Å²) >= 11 is 0. The van der Waals surface area contributed by atoms with Crippen molar-refractivity contribution in [3.8, 4) is 0 Å². The second-order valence-corrected chi connectivity index (χ2v) is 8.03. The third-order valence-electron chi connectivity index (χ3n) is 5.86. The number of aromatic nitrogens is 1. The zero-order valence-electron chi connectivity index (χ0n) is 16.9. The van der Waals surface area contributed by atoms with Crippen LogP contribution in [0.15, 0.2) is 42.6 Å². The van der Waals surface area contributed by atoms with Gasteiger partial charge in [0.15, 0.2) is 0 Å². The molecule has 1 heterocycles. The van der Waals surface area contributed by atoms with E-state index in [0.29, 0.717) is 5.92 Å². The molecule has 146 valence electrons. The van der Waals surface area contributed by atoms with Crippen LogP contribution in [0.4, 0.5) is 0 Å². The molecule has 3 nitrogen and oxygen atoms in total.